The molecule has 0 aromatic heterocycles. The van der Waals surface area contributed by atoms with Gasteiger partial charge >= 0.3 is 0 Å². The second-order valence-corrected chi connectivity index (χ2v) is 3.29. The topological polar surface area (TPSA) is 44.4 Å². The first kappa shape index (κ1) is 9.48. The average Bonchev–Trinajstić information content (AvgIpc) is 2.04. The molecule has 1 unspecified atom stereocenters. The Hall–Kier alpha value is -0.610. The van der Waals surface area contributed by atoms with Crippen LogP contribution in [0.3, 0.4) is 0 Å². The van der Waals surface area contributed by atoms with E-state index >= 15 is 0 Å². The van der Waals surface area contributed by atoms with Gasteiger partial charge in [0.2, 0.25) is 5.91 Å². The van der Waals surface area contributed by atoms with E-state index in [0.29, 0.717) is 12.5 Å². The quantitative estimate of drug-likeness (QED) is 0.561. The van der Waals surface area contributed by atoms with Crippen LogP contribution in [0, 0.1) is 0 Å². The number of carbonyl (C=O) groups is 1. The zero-order chi connectivity index (χ0) is 8.97. The summed E-state index contributed by atoms with van der Waals surface area (Å²) in [6, 6.07) is 0.323. The van der Waals surface area contributed by atoms with Gasteiger partial charge in [-0.05, 0) is 7.05 Å². The Morgan fingerprint density at radius 1 is 1.75 bits per heavy atom. The van der Waals surface area contributed by atoms with Crippen molar-refractivity contribution in [1.82, 2.24) is 15.5 Å². The van der Waals surface area contributed by atoms with Crippen molar-refractivity contribution in [3.05, 3.63) is 0 Å². The summed E-state index contributed by atoms with van der Waals surface area (Å²) in [5, 5.41) is 5.94. The van der Waals surface area contributed by atoms with Crippen molar-refractivity contribution < 1.29 is 4.79 Å². The summed E-state index contributed by atoms with van der Waals surface area (Å²) in [5.74, 6) is 0.114. The fraction of sp³-hybridized carbons (Fsp3) is 0.875. The highest BCUT2D eigenvalue weighted by Gasteiger charge is 2.18. The summed E-state index contributed by atoms with van der Waals surface area (Å²) in [6.45, 7) is 3.02. The standard InChI is InChI=1S/C8H17N3O/c1-9-8(12)5-7-6-11(2)4-3-10-7/h7,10H,3-6H2,1-2H3,(H,9,12). The van der Waals surface area contributed by atoms with Gasteiger partial charge in [-0.1, -0.05) is 0 Å². The predicted molar refractivity (Wildman–Crippen MR) is 48.0 cm³/mol. The van der Waals surface area contributed by atoms with E-state index in [9.17, 15) is 4.79 Å². The molecule has 1 heterocycles. The lowest BCUT2D eigenvalue weighted by atomic mass is 10.1. The summed E-state index contributed by atoms with van der Waals surface area (Å²) >= 11 is 0. The predicted octanol–water partition coefficient (Wildman–Crippen LogP) is -0.974. The number of piperazine rings is 1. The maximum Gasteiger partial charge on any atom is 0.221 e. The Morgan fingerprint density at radius 3 is 3.08 bits per heavy atom. The van der Waals surface area contributed by atoms with Gasteiger partial charge < -0.3 is 15.5 Å². The summed E-state index contributed by atoms with van der Waals surface area (Å²) < 4.78 is 0. The van der Waals surface area contributed by atoms with Crippen LogP contribution in [-0.4, -0.2) is 50.6 Å². The molecule has 1 rings (SSSR count). The van der Waals surface area contributed by atoms with Crippen molar-refractivity contribution in [2.75, 3.05) is 33.7 Å². The number of carbonyl (C=O) groups excluding carboxylic acids is 1. The Bertz CT molecular complexity index is 160. The lowest BCUT2D eigenvalue weighted by Crippen LogP contribution is -2.50. The van der Waals surface area contributed by atoms with Crippen LogP contribution in [0.15, 0.2) is 0 Å². The molecule has 1 amide bonds. The number of likely N-dealkylation sites (N-methyl/N-ethyl adjacent to an activating group) is 1. The molecule has 1 saturated heterocycles. The molecule has 1 atom stereocenters. The van der Waals surface area contributed by atoms with Crippen molar-refractivity contribution in [3.8, 4) is 0 Å². The highest BCUT2D eigenvalue weighted by Crippen LogP contribution is 1.99. The third kappa shape index (κ3) is 2.79. The molecule has 12 heavy (non-hydrogen) atoms. The lowest BCUT2D eigenvalue weighted by Gasteiger charge is -2.30. The van der Waals surface area contributed by atoms with Crippen LogP contribution < -0.4 is 10.6 Å². The normalized spacial score (nSPS) is 25.3. The molecule has 0 aromatic carbocycles. The molecular weight excluding hydrogens is 154 g/mol. The van der Waals surface area contributed by atoms with E-state index < -0.39 is 0 Å². The Balaban J connectivity index is 2.27. The fourth-order valence-electron chi connectivity index (χ4n) is 1.45. The molecule has 4 nitrogen and oxygen atoms in total. The third-order valence-corrected chi connectivity index (χ3v) is 2.17. The molecule has 1 aliphatic heterocycles. The first-order valence-corrected chi connectivity index (χ1v) is 4.35. The Kier molecular flexibility index (Phi) is 3.49. The maximum atomic E-state index is 11.0. The fourth-order valence-corrected chi connectivity index (χ4v) is 1.45. The number of hydrogen-bond acceptors (Lipinski definition) is 3. The van der Waals surface area contributed by atoms with E-state index in [1.54, 1.807) is 7.05 Å². The molecule has 0 spiro atoms. The smallest absolute Gasteiger partial charge is 0.221 e. The molecule has 0 radical (unpaired) electrons. The van der Waals surface area contributed by atoms with Gasteiger partial charge in [-0.15, -0.1) is 0 Å². The van der Waals surface area contributed by atoms with Gasteiger partial charge in [0.15, 0.2) is 0 Å². The van der Waals surface area contributed by atoms with Crippen molar-refractivity contribution in [1.29, 1.82) is 0 Å². The van der Waals surface area contributed by atoms with E-state index in [2.05, 4.69) is 22.6 Å². The van der Waals surface area contributed by atoms with Crippen molar-refractivity contribution in [2.45, 2.75) is 12.5 Å². The Morgan fingerprint density at radius 2 is 2.50 bits per heavy atom. The minimum Gasteiger partial charge on any atom is -0.359 e. The highest BCUT2D eigenvalue weighted by atomic mass is 16.1. The monoisotopic (exact) mass is 171 g/mol. The van der Waals surface area contributed by atoms with Gasteiger partial charge in [-0.2, -0.15) is 0 Å². The van der Waals surface area contributed by atoms with E-state index in [1.165, 1.54) is 0 Å². The number of amides is 1. The Labute approximate surface area is 73.3 Å². The zero-order valence-electron chi connectivity index (χ0n) is 7.76. The minimum atomic E-state index is 0.114. The number of rotatable bonds is 2. The second kappa shape index (κ2) is 4.42. The minimum absolute atomic E-state index is 0.114. The van der Waals surface area contributed by atoms with Crippen LogP contribution in [0.4, 0.5) is 0 Å². The lowest BCUT2D eigenvalue weighted by molar-refractivity contribution is -0.121. The van der Waals surface area contributed by atoms with E-state index in [1.807, 2.05) is 0 Å². The van der Waals surface area contributed by atoms with Crippen LogP contribution in [0.5, 0.6) is 0 Å². The SMILES string of the molecule is CNC(=O)CC1CN(C)CCN1. The molecule has 0 bridgehead atoms. The van der Waals surface area contributed by atoms with Gasteiger partial charge in [0.05, 0.1) is 0 Å². The highest BCUT2D eigenvalue weighted by molar-refractivity contribution is 5.76. The molecule has 70 valence electrons. The van der Waals surface area contributed by atoms with Gasteiger partial charge in [0.1, 0.15) is 0 Å². The zero-order valence-corrected chi connectivity index (χ0v) is 7.76. The van der Waals surface area contributed by atoms with Crippen LogP contribution >= 0.6 is 0 Å². The van der Waals surface area contributed by atoms with Crippen molar-refractivity contribution in [2.24, 2.45) is 0 Å². The maximum absolute atomic E-state index is 11.0. The summed E-state index contributed by atoms with van der Waals surface area (Å²) in [5.41, 5.74) is 0. The number of nitrogens with zero attached hydrogens (tertiary/aromatic N) is 1. The molecule has 0 aromatic rings. The molecule has 1 fully saturated rings. The molecule has 1 aliphatic rings. The van der Waals surface area contributed by atoms with Crippen LogP contribution in [0.1, 0.15) is 6.42 Å². The van der Waals surface area contributed by atoms with Gasteiger partial charge in [0, 0.05) is 39.1 Å². The van der Waals surface area contributed by atoms with Crippen LogP contribution in [0.25, 0.3) is 0 Å². The first-order valence-electron chi connectivity index (χ1n) is 4.35. The summed E-state index contributed by atoms with van der Waals surface area (Å²) in [6.07, 6.45) is 0.584. The largest absolute Gasteiger partial charge is 0.359 e. The van der Waals surface area contributed by atoms with Crippen molar-refractivity contribution >= 4 is 5.91 Å². The molecule has 0 saturated carbocycles. The second-order valence-electron chi connectivity index (χ2n) is 3.29. The molecule has 0 aliphatic carbocycles. The van der Waals surface area contributed by atoms with Gasteiger partial charge in [-0.3, -0.25) is 4.79 Å². The van der Waals surface area contributed by atoms with E-state index in [0.717, 1.165) is 19.6 Å². The number of hydrogen-bond donors (Lipinski definition) is 2. The first-order chi connectivity index (χ1) is 5.72. The van der Waals surface area contributed by atoms with Crippen LogP contribution in [-0.2, 0) is 4.79 Å². The molecule has 2 N–H and O–H groups in total. The van der Waals surface area contributed by atoms with Crippen LogP contribution in [0.2, 0.25) is 0 Å². The van der Waals surface area contributed by atoms with E-state index in [-0.39, 0.29) is 5.91 Å². The molecule has 4 heteroatoms. The van der Waals surface area contributed by atoms with Crippen molar-refractivity contribution in [3.63, 3.8) is 0 Å². The average molecular weight is 171 g/mol. The number of nitrogens with one attached hydrogen (secondary N) is 2. The molecular formula is C8H17N3O. The van der Waals surface area contributed by atoms with E-state index in [4.69, 9.17) is 0 Å². The summed E-state index contributed by atoms with van der Waals surface area (Å²) in [7, 11) is 3.76. The third-order valence-electron chi connectivity index (χ3n) is 2.17. The van der Waals surface area contributed by atoms with Gasteiger partial charge in [-0.25, -0.2) is 0 Å². The van der Waals surface area contributed by atoms with Gasteiger partial charge in [0.25, 0.3) is 0 Å². The summed E-state index contributed by atoms with van der Waals surface area (Å²) in [4.78, 5) is 13.3.